The molecule has 0 spiro atoms. The summed E-state index contributed by atoms with van der Waals surface area (Å²) in [6.07, 6.45) is 0.894. The molecule has 0 atom stereocenters. The molecule has 20 heavy (non-hydrogen) atoms. The Balaban J connectivity index is 2.53. The molecule has 0 fully saturated rings. The zero-order valence-electron chi connectivity index (χ0n) is 12.1. The lowest BCUT2D eigenvalue weighted by molar-refractivity contribution is 0.415. The van der Waals surface area contributed by atoms with E-state index >= 15 is 0 Å². The van der Waals surface area contributed by atoms with Gasteiger partial charge in [-0.25, -0.2) is 9.97 Å². The third-order valence-electron chi connectivity index (χ3n) is 3.21. The summed E-state index contributed by atoms with van der Waals surface area (Å²) in [5.41, 5.74) is 2.99. The summed E-state index contributed by atoms with van der Waals surface area (Å²) in [5, 5.41) is 3.68. The van der Waals surface area contributed by atoms with Gasteiger partial charge in [-0.3, -0.25) is 0 Å². The van der Waals surface area contributed by atoms with Crippen LogP contribution in [0.15, 0.2) is 18.2 Å². The molecule has 0 unspecified atom stereocenters. The molecule has 1 N–H and O–H groups in total. The van der Waals surface area contributed by atoms with Crippen LogP contribution in [0.4, 0.5) is 5.82 Å². The molecule has 2 aromatic rings. The predicted octanol–water partition coefficient (Wildman–Crippen LogP) is 3.72. The van der Waals surface area contributed by atoms with E-state index in [0.29, 0.717) is 16.6 Å². The number of rotatable bonds is 4. The minimum atomic E-state index is 0.553. The van der Waals surface area contributed by atoms with Gasteiger partial charge in [-0.15, -0.1) is 0 Å². The molecule has 5 heteroatoms. The van der Waals surface area contributed by atoms with E-state index in [9.17, 15) is 0 Å². The molecule has 0 amide bonds. The van der Waals surface area contributed by atoms with Gasteiger partial charge in [-0.2, -0.15) is 0 Å². The first kappa shape index (κ1) is 14.6. The fourth-order valence-corrected chi connectivity index (χ4v) is 2.42. The van der Waals surface area contributed by atoms with Crippen molar-refractivity contribution in [3.8, 4) is 17.1 Å². The lowest BCUT2D eigenvalue weighted by atomic mass is 10.1. The average molecular weight is 292 g/mol. The third-order valence-corrected chi connectivity index (χ3v) is 3.51. The van der Waals surface area contributed by atoms with Gasteiger partial charge in [0.2, 0.25) is 0 Å². The Hall–Kier alpha value is -1.81. The molecule has 0 radical (unpaired) electrons. The molecule has 1 aromatic heterocycles. The fourth-order valence-electron chi connectivity index (χ4n) is 2.16. The number of benzene rings is 1. The fraction of sp³-hybridized carbons (Fsp3) is 0.333. The number of aryl methyl sites for hydroxylation is 1. The average Bonchev–Trinajstić information content (AvgIpc) is 2.46. The van der Waals surface area contributed by atoms with Crippen LogP contribution in [-0.2, 0) is 6.42 Å². The van der Waals surface area contributed by atoms with E-state index in [1.165, 1.54) is 0 Å². The number of anilines is 1. The highest BCUT2D eigenvalue weighted by Crippen LogP contribution is 2.30. The van der Waals surface area contributed by atoms with E-state index in [4.69, 9.17) is 16.3 Å². The summed E-state index contributed by atoms with van der Waals surface area (Å²) in [7, 11) is 3.46. The molecule has 1 heterocycles. The lowest BCUT2D eigenvalue weighted by Gasteiger charge is -2.12. The highest BCUT2D eigenvalue weighted by atomic mass is 35.5. The van der Waals surface area contributed by atoms with Gasteiger partial charge >= 0.3 is 0 Å². The molecule has 0 saturated heterocycles. The van der Waals surface area contributed by atoms with Crippen LogP contribution in [-0.4, -0.2) is 24.1 Å². The van der Waals surface area contributed by atoms with E-state index in [0.717, 1.165) is 29.1 Å². The van der Waals surface area contributed by atoms with Crippen molar-refractivity contribution in [2.24, 2.45) is 0 Å². The molecular weight excluding hydrogens is 274 g/mol. The zero-order chi connectivity index (χ0) is 14.7. The minimum Gasteiger partial charge on any atom is -0.495 e. The Morgan fingerprint density at radius 1 is 1.30 bits per heavy atom. The second-order valence-corrected chi connectivity index (χ2v) is 4.82. The van der Waals surface area contributed by atoms with Crippen molar-refractivity contribution in [3.63, 3.8) is 0 Å². The summed E-state index contributed by atoms with van der Waals surface area (Å²) in [6.45, 7) is 4.09. The van der Waals surface area contributed by atoms with Crippen LogP contribution in [0.3, 0.4) is 0 Å². The van der Waals surface area contributed by atoms with Gasteiger partial charge in [-0.1, -0.05) is 18.5 Å². The zero-order valence-corrected chi connectivity index (χ0v) is 12.9. The van der Waals surface area contributed by atoms with Crippen LogP contribution in [0.1, 0.15) is 18.2 Å². The maximum absolute atomic E-state index is 6.16. The molecule has 0 aliphatic heterocycles. The number of hydrogen-bond acceptors (Lipinski definition) is 4. The smallest absolute Gasteiger partial charge is 0.161 e. The Labute approximate surface area is 124 Å². The number of halogens is 1. The van der Waals surface area contributed by atoms with Crippen molar-refractivity contribution >= 4 is 17.4 Å². The topological polar surface area (TPSA) is 47.0 Å². The first-order chi connectivity index (χ1) is 9.60. The van der Waals surface area contributed by atoms with Crippen LogP contribution < -0.4 is 10.1 Å². The second kappa shape index (κ2) is 6.09. The summed E-state index contributed by atoms with van der Waals surface area (Å²) in [4.78, 5) is 9.14. The van der Waals surface area contributed by atoms with E-state index in [2.05, 4.69) is 22.2 Å². The molecule has 0 aliphatic rings. The maximum Gasteiger partial charge on any atom is 0.161 e. The molecule has 2 rings (SSSR count). The number of nitrogens with one attached hydrogen (secondary N) is 1. The summed E-state index contributed by atoms with van der Waals surface area (Å²) in [5.74, 6) is 2.17. The highest BCUT2D eigenvalue weighted by molar-refractivity contribution is 6.32. The molecule has 106 valence electrons. The predicted molar refractivity (Wildman–Crippen MR) is 82.7 cm³/mol. The number of aromatic nitrogens is 2. The van der Waals surface area contributed by atoms with Crippen LogP contribution in [0.25, 0.3) is 11.4 Å². The normalized spacial score (nSPS) is 10.4. The SMILES string of the molecule is CCc1c(C)nc(-c2ccc(OC)c(Cl)c2)nc1NC. The number of methoxy groups -OCH3 is 1. The molecule has 4 nitrogen and oxygen atoms in total. The van der Waals surface area contributed by atoms with Crippen LogP contribution >= 0.6 is 11.6 Å². The molecule has 0 aliphatic carbocycles. The third kappa shape index (κ3) is 2.70. The van der Waals surface area contributed by atoms with Gasteiger partial charge in [0.05, 0.1) is 12.1 Å². The van der Waals surface area contributed by atoms with Crippen LogP contribution in [0, 0.1) is 6.92 Å². The van der Waals surface area contributed by atoms with Crippen LogP contribution in [0.5, 0.6) is 5.75 Å². The number of nitrogens with zero attached hydrogens (tertiary/aromatic N) is 2. The van der Waals surface area contributed by atoms with Crippen molar-refractivity contribution < 1.29 is 4.74 Å². The standard InChI is InChI=1S/C15H18ClN3O/c1-5-11-9(2)18-14(19-15(11)17-3)10-6-7-13(20-4)12(16)8-10/h6-8H,5H2,1-4H3,(H,17,18,19). The van der Waals surface area contributed by atoms with E-state index in [-0.39, 0.29) is 0 Å². The monoisotopic (exact) mass is 291 g/mol. The molecule has 0 saturated carbocycles. The number of hydrogen-bond donors (Lipinski definition) is 1. The van der Waals surface area contributed by atoms with Gasteiger partial charge in [-0.05, 0) is 31.5 Å². The Morgan fingerprint density at radius 2 is 2.05 bits per heavy atom. The summed E-state index contributed by atoms with van der Waals surface area (Å²) in [6, 6.07) is 5.55. The lowest BCUT2D eigenvalue weighted by Crippen LogP contribution is -2.05. The molecule has 1 aromatic carbocycles. The quantitative estimate of drug-likeness (QED) is 0.932. The summed E-state index contributed by atoms with van der Waals surface area (Å²) >= 11 is 6.16. The first-order valence-corrected chi connectivity index (χ1v) is 6.87. The largest absolute Gasteiger partial charge is 0.495 e. The van der Waals surface area contributed by atoms with Gasteiger partial charge in [0.15, 0.2) is 5.82 Å². The Bertz CT molecular complexity index is 629. The number of ether oxygens (including phenoxy) is 1. The van der Waals surface area contributed by atoms with Crippen molar-refractivity contribution in [2.45, 2.75) is 20.3 Å². The van der Waals surface area contributed by atoms with Gasteiger partial charge < -0.3 is 10.1 Å². The second-order valence-electron chi connectivity index (χ2n) is 4.41. The molecule has 0 bridgehead atoms. The van der Waals surface area contributed by atoms with Gasteiger partial charge in [0.25, 0.3) is 0 Å². The summed E-state index contributed by atoms with van der Waals surface area (Å²) < 4.78 is 5.16. The Kier molecular flexibility index (Phi) is 4.45. The Morgan fingerprint density at radius 3 is 2.60 bits per heavy atom. The van der Waals surface area contributed by atoms with E-state index < -0.39 is 0 Å². The van der Waals surface area contributed by atoms with E-state index in [1.807, 2.05) is 32.2 Å². The first-order valence-electron chi connectivity index (χ1n) is 6.49. The minimum absolute atomic E-state index is 0.553. The maximum atomic E-state index is 6.16. The van der Waals surface area contributed by atoms with Crippen molar-refractivity contribution in [2.75, 3.05) is 19.5 Å². The van der Waals surface area contributed by atoms with Crippen LogP contribution in [0.2, 0.25) is 5.02 Å². The molecular formula is C15H18ClN3O. The van der Waals surface area contributed by atoms with Gasteiger partial charge in [0.1, 0.15) is 11.6 Å². The highest BCUT2D eigenvalue weighted by Gasteiger charge is 2.12. The van der Waals surface area contributed by atoms with Crippen molar-refractivity contribution in [1.29, 1.82) is 0 Å². The van der Waals surface area contributed by atoms with Gasteiger partial charge in [0, 0.05) is 23.9 Å². The van der Waals surface area contributed by atoms with Crippen molar-refractivity contribution in [3.05, 3.63) is 34.5 Å². The van der Waals surface area contributed by atoms with Crippen molar-refractivity contribution in [1.82, 2.24) is 9.97 Å². The van der Waals surface area contributed by atoms with E-state index in [1.54, 1.807) is 7.11 Å².